The van der Waals surface area contributed by atoms with E-state index in [1.807, 2.05) is 6.07 Å². The SMILES string of the molecule is CCCOc1ccc(Br)cc1CNC[C@@H]1CCCN1CC. The van der Waals surface area contributed by atoms with E-state index < -0.39 is 0 Å². The van der Waals surface area contributed by atoms with Gasteiger partial charge in [0.25, 0.3) is 0 Å². The lowest BCUT2D eigenvalue weighted by atomic mass is 10.2. The van der Waals surface area contributed by atoms with E-state index >= 15 is 0 Å². The Balaban J connectivity index is 1.88. The molecule has 0 amide bonds. The maximum atomic E-state index is 5.83. The zero-order valence-corrected chi connectivity index (χ0v) is 14.8. The number of nitrogens with zero attached hydrogens (tertiary/aromatic N) is 1. The Morgan fingerprint density at radius 3 is 3.00 bits per heavy atom. The average molecular weight is 355 g/mol. The van der Waals surface area contributed by atoms with E-state index in [1.165, 1.54) is 24.9 Å². The molecule has 21 heavy (non-hydrogen) atoms. The van der Waals surface area contributed by atoms with Crippen LogP contribution in [0.4, 0.5) is 0 Å². The molecule has 1 N–H and O–H groups in total. The minimum atomic E-state index is 0.696. The molecule has 0 radical (unpaired) electrons. The summed E-state index contributed by atoms with van der Waals surface area (Å²) in [5, 5.41) is 3.61. The van der Waals surface area contributed by atoms with Crippen molar-refractivity contribution in [3.63, 3.8) is 0 Å². The van der Waals surface area contributed by atoms with E-state index in [0.29, 0.717) is 6.04 Å². The highest BCUT2D eigenvalue weighted by Crippen LogP contribution is 2.23. The molecule has 0 saturated carbocycles. The first-order valence-electron chi connectivity index (χ1n) is 8.10. The zero-order chi connectivity index (χ0) is 15.1. The molecule has 2 rings (SSSR count). The molecule has 0 bridgehead atoms. The second kappa shape index (κ2) is 8.76. The van der Waals surface area contributed by atoms with Crippen LogP contribution in [0.3, 0.4) is 0 Å². The first-order chi connectivity index (χ1) is 10.2. The van der Waals surface area contributed by atoms with Gasteiger partial charge in [0.15, 0.2) is 0 Å². The molecule has 4 heteroatoms. The van der Waals surface area contributed by atoms with E-state index in [2.05, 4.69) is 52.1 Å². The van der Waals surface area contributed by atoms with Crippen LogP contribution in [0.15, 0.2) is 22.7 Å². The maximum Gasteiger partial charge on any atom is 0.123 e. The Bertz CT molecular complexity index is 439. The third kappa shape index (κ3) is 4.97. The van der Waals surface area contributed by atoms with Crippen molar-refractivity contribution in [1.82, 2.24) is 10.2 Å². The van der Waals surface area contributed by atoms with Crippen molar-refractivity contribution < 1.29 is 4.74 Å². The molecule has 1 aliphatic heterocycles. The molecule has 0 unspecified atom stereocenters. The van der Waals surface area contributed by atoms with Gasteiger partial charge in [0.2, 0.25) is 0 Å². The van der Waals surface area contributed by atoms with Gasteiger partial charge in [0, 0.05) is 29.2 Å². The molecule has 1 saturated heterocycles. The van der Waals surface area contributed by atoms with Gasteiger partial charge < -0.3 is 10.1 Å². The van der Waals surface area contributed by atoms with Crippen molar-refractivity contribution in [2.24, 2.45) is 0 Å². The summed E-state index contributed by atoms with van der Waals surface area (Å²) in [5.74, 6) is 1.01. The quantitative estimate of drug-likeness (QED) is 0.767. The van der Waals surface area contributed by atoms with Gasteiger partial charge in [-0.1, -0.05) is 29.8 Å². The number of ether oxygens (including phenoxy) is 1. The highest BCUT2D eigenvalue weighted by atomic mass is 79.9. The predicted molar refractivity (Wildman–Crippen MR) is 91.9 cm³/mol. The highest BCUT2D eigenvalue weighted by molar-refractivity contribution is 9.10. The van der Waals surface area contributed by atoms with Crippen LogP contribution in [0.1, 0.15) is 38.7 Å². The highest BCUT2D eigenvalue weighted by Gasteiger charge is 2.22. The standard InChI is InChI=1S/C17H27BrN2O/c1-3-10-21-17-8-7-15(18)11-14(17)12-19-13-16-6-5-9-20(16)4-2/h7-8,11,16,19H,3-6,9-10,12-13H2,1-2H3/t16-/m0/s1. The first-order valence-corrected chi connectivity index (χ1v) is 8.89. The number of likely N-dealkylation sites (tertiary alicyclic amines) is 1. The van der Waals surface area contributed by atoms with Crippen molar-refractivity contribution >= 4 is 15.9 Å². The van der Waals surface area contributed by atoms with Crippen LogP contribution in [-0.2, 0) is 6.54 Å². The number of hydrogen-bond acceptors (Lipinski definition) is 3. The number of halogens is 1. The fourth-order valence-electron chi connectivity index (χ4n) is 2.96. The molecular weight excluding hydrogens is 328 g/mol. The Morgan fingerprint density at radius 2 is 2.24 bits per heavy atom. The summed E-state index contributed by atoms with van der Waals surface area (Å²) in [6, 6.07) is 6.96. The van der Waals surface area contributed by atoms with Crippen LogP contribution >= 0.6 is 15.9 Å². The minimum absolute atomic E-state index is 0.696. The van der Waals surface area contributed by atoms with Crippen molar-refractivity contribution in [3.05, 3.63) is 28.2 Å². The first kappa shape index (κ1) is 16.8. The number of benzene rings is 1. The molecule has 1 aromatic rings. The molecule has 0 spiro atoms. The molecule has 118 valence electrons. The smallest absolute Gasteiger partial charge is 0.123 e. The van der Waals surface area contributed by atoms with Gasteiger partial charge in [-0.25, -0.2) is 0 Å². The Hall–Kier alpha value is -0.580. The molecule has 0 aromatic heterocycles. The summed E-state index contributed by atoms with van der Waals surface area (Å²) in [6.07, 6.45) is 3.69. The Morgan fingerprint density at radius 1 is 1.38 bits per heavy atom. The summed E-state index contributed by atoms with van der Waals surface area (Å²) in [6.45, 7) is 9.51. The summed E-state index contributed by atoms with van der Waals surface area (Å²) in [5.41, 5.74) is 1.24. The maximum absolute atomic E-state index is 5.83. The van der Waals surface area contributed by atoms with E-state index in [9.17, 15) is 0 Å². The molecule has 0 aliphatic carbocycles. The van der Waals surface area contributed by atoms with E-state index in [0.717, 1.165) is 42.9 Å². The van der Waals surface area contributed by atoms with Crippen LogP contribution in [0, 0.1) is 0 Å². The molecule has 1 heterocycles. The number of rotatable bonds is 8. The third-order valence-electron chi connectivity index (χ3n) is 4.08. The van der Waals surface area contributed by atoms with Crippen LogP contribution in [0.5, 0.6) is 5.75 Å². The summed E-state index contributed by atoms with van der Waals surface area (Å²) < 4.78 is 6.95. The number of likely N-dealkylation sites (N-methyl/N-ethyl adjacent to an activating group) is 1. The normalized spacial score (nSPS) is 19.1. The molecule has 1 atom stereocenters. The van der Waals surface area contributed by atoms with Crippen LogP contribution in [0.2, 0.25) is 0 Å². The lowest BCUT2D eigenvalue weighted by Crippen LogP contribution is -2.37. The van der Waals surface area contributed by atoms with Gasteiger partial charge in [0.05, 0.1) is 6.61 Å². The summed E-state index contributed by atoms with van der Waals surface area (Å²) in [4.78, 5) is 2.57. The number of hydrogen-bond donors (Lipinski definition) is 1. The molecule has 3 nitrogen and oxygen atoms in total. The van der Waals surface area contributed by atoms with Gasteiger partial charge in [-0.15, -0.1) is 0 Å². The zero-order valence-electron chi connectivity index (χ0n) is 13.2. The Labute approximate surface area is 137 Å². The van der Waals surface area contributed by atoms with Gasteiger partial charge >= 0.3 is 0 Å². The third-order valence-corrected chi connectivity index (χ3v) is 4.58. The lowest BCUT2D eigenvalue weighted by molar-refractivity contribution is 0.259. The molecule has 1 fully saturated rings. The van der Waals surface area contributed by atoms with Crippen molar-refractivity contribution in [3.8, 4) is 5.75 Å². The Kier molecular flexibility index (Phi) is 7.00. The molecule has 1 aliphatic rings. The lowest BCUT2D eigenvalue weighted by Gasteiger charge is -2.23. The van der Waals surface area contributed by atoms with E-state index in [1.54, 1.807) is 0 Å². The number of nitrogens with one attached hydrogen (secondary N) is 1. The van der Waals surface area contributed by atoms with Gasteiger partial charge in [-0.05, 0) is 50.6 Å². The van der Waals surface area contributed by atoms with Crippen molar-refractivity contribution in [2.45, 2.75) is 45.7 Å². The van der Waals surface area contributed by atoms with E-state index in [-0.39, 0.29) is 0 Å². The predicted octanol–water partition coefficient (Wildman–Crippen LogP) is 3.81. The second-order valence-electron chi connectivity index (χ2n) is 5.66. The van der Waals surface area contributed by atoms with Gasteiger partial charge in [-0.2, -0.15) is 0 Å². The van der Waals surface area contributed by atoms with Gasteiger partial charge in [-0.3, -0.25) is 4.90 Å². The van der Waals surface area contributed by atoms with E-state index in [4.69, 9.17) is 4.74 Å². The summed E-state index contributed by atoms with van der Waals surface area (Å²) >= 11 is 3.55. The monoisotopic (exact) mass is 354 g/mol. The second-order valence-corrected chi connectivity index (χ2v) is 6.57. The fourth-order valence-corrected chi connectivity index (χ4v) is 3.36. The van der Waals surface area contributed by atoms with Crippen LogP contribution < -0.4 is 10.1 Å². The van der Waals surface area contributed by atoms with Crippen LogP contribution in [0.25, 0.3) is 0 Å². The minimum Gasteiger partial charge on any atom is -0.493 e. The molecule has 1 aromatic carbocycles. The van der Waals surface area contributed by atoms with Crippen molar-refractivity contribution in [2.75, 3.05) is 26.2 Å². The van der Waals surface area contributed by atoms with Crippen LogP contribution in [-0.4, -0.2) is 37.2 Å². The largest absolute Gasteiger partial charge is 0.493 e. The fraction of sp³-hybridized carbons (Fsp3) is 0.647. The van der Waals surface area contributed by atoms with Crippen molar-refractivity contribution in [1.29, 1.82) is 0 Å². The molecular formula is C17H27BrN2O. The summed E-state index contributed by atoms with van der Waals surface area (Å²) in [7, 11) is 0. The average Bonchev–Trinajstić information content (AvgIpc) is 2.94. The van der Waals surface area contributed by atoms with Gasteiger partial charge in [0.1, 0.15) is 5.75 Å². The topological polar surface area (TPSA) is 24.5 Å².